The second-order valence-corrected chi connectivity index (χ2v) is 9.21. The topological polar surface area (TPSA) is 128 Å². The predicted molar refractivity (Wildman–Crippen MR) is 136 cm³/mol. The van der Waals surface area contributed by atoms with Gasteiger partial charge in [0, 0.05) is 31.1 Å². The van der Waals surface area contributed by atoms with Crippen LogP contribution in [-0.2, 0) is 16.1 Å². The van der Waals surface area contributed by atoms with Crippen molar-refractivity contribution in [3.8, 4) is 17.1 Å². The summed E-state index contributed by atoms with van der Waals surface area (Å²) < 4.78 is 33.1. The average Bonchev–Trinajstić information content (AvgIpc) is 3.30. The molecule has 4 heterocycles. The Labute approximate surface area is 217 Å². The van der Waals surface area contributed by atoms with Crippen molar-refractivity contribution in [3.05, 3.63) is 64.7 Å². The van der Waals surface area contributed by atoms with E-state index in [0.29, 0.717) is 53.5 Å². The van der Waals surface area contributed by atoms with Crippen LogP contribution >= 0.6 is 0 Å². The third-order valence-corrected chi connectivity index (χ3v) is 6.53. The first-order valence-corrected chi connectivity index (χ1v) is 12.2. The van der Waals surface area contributed by atoms with E-state index in [1.807, 2.05) is 0 Å². The molecule has 2 aliphatic rings. The largest absolute Gasteiger partial charge is 0.481 e. The number of amidine groups is 1. The lowest BCUT2D eigenvalue weighted by Gasteiger charge is -2.29. The fraction of sp³-hybridized carbons (Fsp3) is 0.346. The highest BCUT2D eigenvalue weighted by Gasteiger charge is 2.31. The Morgan fingerprint density at radius 1 is 1.26 bits per heavy atom. The van der Waals surface area contributed by atoms with Crippen LogP contribution in [0.1, 0.15) is 35.0 Å². The van der Waals surface area contributed by atoms with Gasteiger partial charge in [0.1, 0.15) is 12.0 Å². The molecule has 0 amide bonds. The summed E-state index contributed by atoms with van der Waals surface area (Å²) in [6.07, 6.45) is -0.182. The predicted octanol–water partition coefficient (Wildman–Crippen LogP) is 2.71. The van der Waals surface area contributed by atoms with Gasteiger partial charge in [0.2, 0.25) is 11.8 Å². The second-order valence-electron chi connectivity index (χ2n) is 9.21. The van der Waals surface area contributed by atoms with Crippen molar-refractivity contribution in [2.24, 2.45) is 5.16 Å². The van der Waals surface area contributed by atoms with Crippen LogP contribution in [0.4, 0.5) is 14.7 Å². The number of aromatic nitrogens is 3. The number of hydrogen-bond donors (Lipinski definition) is 2. The molecule has 5 rings (SSSR count). The number of fused-ring (bicyclic) bond motifs is 1. The maximum atomic E-state index is 14.4. The highest BCUT2D eigenvalue weighted by molar-refractivity contribution is 6.02. The van der Waals surface area contributed by atoms with E-state index >= 15 is 0 Å². The average molecular weight is 524 g/mol. The Balaban J connectivity index is 1.49. The summed E-state index contributed by atoms with van der Waals surface area (Å²) in [6, 6.07) is 9.22. The van der Waals surface area contributed by atoms with Crippen LogP contribution in [-0.4, -0.2) is 64.6 Å². The van der Waals surface area contributed by atoms with Crippen LogP contribution in [0, 0.1) is 12.7 Å². The Kier molecular flexibility index (Phi) is 7.14. The molecule has 0 unspecified atom stereocenters. The smallest absolute Gasteiger partial charge is 0.348 e. The van der Waals surface area contributed by atoms with E-state index in [-0.39, 0.29) is 24.9 Å². The number of pyridine rings is 1. The van der Waals surface area contributed by atoms with Gasteiger partial charge in [-0.3, -0.25) is 4.90 Å². The minimum Gasteiger partial charge on any atom is -0.481 e. The normalized spacial score (nSPS) is 20.2. The quantitative estimate of drug-likeness (QED) is 0.370. The molecule has 198 valence electrons. The number of carbonyl (C=O) groups excluding carboxylic acids is 1. The lowest BCUT2D eigenvalue weighted by molar-refractivity contribution is -0.144. The van der Waals surface area contributed by atoms with Gasteiger partial charge in [-0.25, -0.2) is 28.5 Å². The van der Waals surface area contributed by atoms with E-state index in [1.54, 1.807) is 36.1 Å². The first-order valence-electron chi connectivity index (χ1n) is 12.2. The number of carbonyl (C=O) groups is 1. The third-order valence-electron chi connectivity index (χ3n) is 6.53. The molecule has 1 saturated heterocycles. The van der Waals surface area contributed by atoms with Gasteiger partial charge < -0.3 is 20.6 Å². The van der Waals surface area contributed by atoms with Crippen molar-refractivity contribution in [2.45, 2.75) is 32.0 Å². The van der Waals surface area contributed by atoms with Gasteiger partial charge in [0.25, 0.3) is 0 Å². The number of hydrogen-bond acceptors (Lipinski definition) is 9. The molecular formula is C26H27F2N7O3. The molecule has 12 heteroatoms. The van der Waals surface area contributed by atoms with Gasteiger partial charge in [0.05, 0.1) is 42.3 Å². The Morgan fingerprint density at radius 3 is 2.87 bits per heavy atom. The number of alkyl halides is 1. The molecular weight excluding hydrogens is 496 g/mol. The van der Waals surface area contributed by atoms with Crippen LogP contribution in [0.15, 0.2) is 41.6 Å². The number of nitrogens with zero attached hydrogens (tertiary/aromatic N) is 5. The molecule has 2 aliphatic heterocycles. The molecule has 2 atom stereocenters. The minimum atomic E-state index is -0.948. The summed E-state index contributed by atoms with van der Waals surface area (Å²) in [5, 5.41) is 7.40. The number of benzene rings is 1. The summed E-state index contributed by atoms with van der Waals surface area (Å²) >= 11 is 0. The van der Waals surface area contributed by atoms with Gasteiger partial charge in [-0.2, -0.15) is 0 Å². The van der Waals surface area contributed by atoms with Crippen molar-refractivity contribution in [2.75, 3.05) is 32.5 Å². The van der Waals surface area contributed by atoms with Crippen molar-refractivity contribution in [1.29, 1.82) is 0 Å². The molecule has 1 aromatic carbocycles. The zero-order valence-corrected chi connectivity index (χ0v) is 20.9. The molecule has 0 bridgehead atoms. The molecule has 0 radical (unpaired) electrons. The van der Waals surface area contributed by atoms with E-state index in [2.05, 4.69) is 25.4 Å². The fourth-order valence-corrected chi connectivity index (χ4v) is 4.82. The van der Waals surface area contributed by atoms with E-state index in [9.17, 15) is 13.6 Å². The SMILES string of the molecule is COc1cccc(-c2cc(F)ccc2[C@H]2Cc3nc(N)nc(C)c3C(=NOC(=O)CN3CC[C@@H](F)C3)N2)n1. The summed E-state index contributed by atoms with van der Waals surface area (Å²) in [6.45, 7) is 2.35. The van der Waals surface area contributed by atoms with E-state index < -0.39 is 24.0 Å². The van der Waals surface area contributed by atoms with Crippen LogP contribution in [0.5, 0.6) is 5.88 Å². The van der Waals surface area contributed by atoms with E-state index in [1.165, 1.54) is 19.2 Å². The number of rotatable bonds is 6. The molecule has 0 aliphatic carbocycles. The van der Waals surface area contributed by atoms with Crippen LogP contribution < -0.4 is 15.8 Å². The number of nitrogens with one attached hydrogen (secondary N) is 1. The van der Waals surface area contributed by atoms with Crippen LogP contribution in [0.25, 0.3) is 11.3 Å². The summed E-state index contributed by atoms with van der Waals surface area (Å²) in [5.41, 5.74) is 9.45. The van der Waals surface area contributed by atoms with Gasteiger partial charge in [-0.05, 0) is 37.1 Å². The standard InChI is InChI=1S/C26H27F2N7O3/c1-14-24-21(33-26(29)30-14)11-20(32-25(24)34-38-23(36)13-35-9-8-16(28)12-35)17-7-6-15(27)10-18(17)19-4-3-5-22(31-19)37-2/h3-7,10,16,20H,8-9,11-13H2,1-2H3,(H,32,34)(H2,29,30,33)/t16-,20-/m1/s1. The van der Waals surface area contributed by atoms with Gasteiger partial charge in [0.15, 0.2) is 5.84 Å². The number of anilines is 1. The number of halogens is 2. The number of likely N-dealkylation sites (tertiary alicyclic amines) is 1. The number of oxime groups is 1. The molecule has 2 aromatic heterocycles. The van der Waals surface area contributed by atoms with Crippen molar-refractivity contribution in [1.82, 2.24) is 25.2 Å². The molecule has 3 aromatic rings. The summed E-state index contributed by atoms with van der Waals surface area (Å²) in [7, 11) is 1.51. The number of nitrogen functional groups attached to an aromatic ring is 1. The van der Waals surface area contributed by atoms with Crippen LogP contribution in [0.2, 0.25) is 0 Å². The third kappa shape index (κ3) is 5.40. The first-order chi connectivity index (χ1) is 18.3. The maximum Gasteiger partial charge on any atom is 0.348 e. The highest BCUT2D eigenvalue weighted by atomic mass is 19.1. The highest BCUT2D eigenvalue weighted by Crippen LogP contribution is 2.34. The van der Waals surface area contributed by atoms with E-state index in [0.717, 1.165) is 5.56 Å². The molecule has 0 saturated carbocycles. The van der Waals surface area contributed by atoms with Crippen molar-refractivity contribution < 1.29 is 23.1 Å². The van der Waals surface area contributed by atoms with Crippen molar-refractivity contribution in [3.63, 3.8) is 0 Å². The van der Waals surface area contributed by atoms with Crippen LogP contribution in [0.3, 0.4) is 0 Å². The number of methoxy groups -OCH3 is 1. The molecule has 0 spiro atoms. The van der Waals surface area contributed by atoms with E-state index in [4.69, 9.17) is 15.3 Å². The molecule has 10 nitrogen and oxygen atoms in total. The number of aryl methyl sites for hydroxylation is 1. The molecule has 3 N–H and O–H groups in total. The zero-order valence-electron chi connectivity index (χ0n) is 20.9. The number of ether oxygens (including phenoxy) is 1. The summed E-state index contributed by atoms with van der Waals surface area (Å²) in [5.74, 6) is -0.314. The van der Waals surface area contributed by atoms with Gasteiger partial charge in [-0.15, -0.1) is 0 Å². The summed E-state index contributed by atoms with van der Waals surface area (Å²) in [4.78, 5) is 32.5. The lowest BCUT2D eigenvalue weighted by Crippen LogP contribution is -2.38. The Morgan fingerprint density at radius 2 is 2.11 bits per heavy atom. The second kappa shape index (κ2) is 10.7. The van der Waals surface area contributed by atoms with Gasteiger partial charge in [-0.1, -0.05) is 17.3 Å². The zero-order chi connectivity index (χ0) is 26.8. The molecule has 1 fully saturated rings. The van der Waals surface area contributed by atoms with Gasteiger partial charge >= 0.3 is 5.97 Å². The lowest BCUT2D eigenvalue weighted by atomic mass is 9.90. The van der Waals surface area contributed by atoms with Crippen molar-refractivity contribution >= 4 is 17.8 Å². The Bertz CT molecular complexity index is 1400. The Hall–Kier alpha value is -4.19. The fourth-order valence-electron chi connectivity index (χ4n) is 4.82. The number of nitrogens with two attached hydrogens (primary N) is 1. The minimum absolute atomic E-state index is 0.0751. The first kappa shape index (κ1) is 25.5. The molecule has 38 heavy (non-hydrogen) atoms. The maximum absolute atomic E-state index is 14.4. The monoisotopic (exact) mass is 523 g/mol.